The van der Waals surface area contributed by atoms with Crippen LogP contribution in [0.25, 0.3) is 10.8 Å². The minimum absolute atomic E-state index is 0.509. The molecule has 2 N–H and O–H groups in total. The number of aliphatic hydroxyl groups is 2. The number of aryl methyl sites for hydroxylation is 1. The second-order valence-electron chi connectivity index (χ2n) is 6.71. The Labute approximate surface area is 157 Å². The third-order valence-electron chi connectivity index (χ3n) is 5.29. The molecule has 2 atom stereocenters. The molecule has 3 aromatic carbocycles. The molecule has 4 rings (SSSR count). The summed E-state index contributed by atoms with van der Waals surface area (Å²) in [5, 5.41) is 24.1. The van der Waals surface area contributed by atoms with E-state index in [1.807, 2.05) is 25.1 Å². The van der Waals surface area contributed by atoms with Gasteiger partial charge in [0.2, 0.25) is 0 Å². The van der Waals surface area contributed by atoms with E-state index in [0.29, 0.717) is 39.5 Å². The van der Waals surface area contributed by atoms with Gasteiger partial charge >= 0.3 is 0 Å². The predicted molar refractivity (Wildman–Crippen MR) is 103 cm³/mol. The summed E-state index contributed by atoms with van der Waals surface area (Å²) in [4.78, 5) is 0. The average molecular weight is 366 g/mol. The summed E-state index contributed by atoms with van der Waals surface area (Å²) in [7, 11) is 4.69. The lowest BCUT2D eigenvalue weighted by molar-refractivity contribution is 0.163. The van der Waals surface area contributed by atoms with Gasteiger partial charge in [-0.1, -0.05) is 29.8 Å². The third kappa shape index (κ3) is 2.39. The van der Waals surface area contributed by atoms with Gasteiger partial charge in [0.25, 0.3) is 0 Å². The van der Waals surface area contributed by atoms with E-state index in [2.05, 4.69) is 0 Å². The molecule has 2 unspecified atom stereocenters. The van der Waals surface area contributed by atoms with Crippen LogP contribution in [0.1, 0.15) is 40.0 Å². The van der Waals surface area contributed by atoms with Gasteiger partial charge in [0, 0.05) is 27.5 Å². The largest absolute Gasteiger partial charge is 0.496 e. The summed E-state index contributed by atoms with van der Waals surface area (Å²) in [5.74, 6) is 1.60. The van der Waals surface area contributed by atoms with E-state index in [1.54, 1.807) is 39.5 Å². The van der Waals surface area contributed by atoms with Crippen LogP contribution in [0.3, 0.4) is 0 Å². The highest BCUT2D eigenvalue weighted by molar-refractivity contribution is 5.97. The summed E-state index contributed by atoms with van der Waals surface area (Å²) in [6.07, 6.45) is -1.98. The highest BCUT2D eigenvalue weighted by atomic mass is 16.5. The van der Waals surface area contributed by atoms with Crippen LogP contribution in [0.4, 0.5) is 0 Å². The summed E-state index contributed by atoms with van der Waals surface area (Å²) < 4.78 is 16.9. The predicted octanol–water partition coefficient (Wildman–Crippen LogP) is 3.65. The lowest BCUT2D eigenvalue weighted by Crippen LogP contribution is -2.21. The first kappa shape index (κ1) is 17.6. The molecule has 140 valence electrons. The molecule has 0 heterocycles. The molecule has 1 aliphatic rings. The summed E-state index contributed by atoms with van der Waals surface area (Å²) in [6, 6.07) is 11.3. The lowest BCUT2D eigenvalue weighted by atomic mass is 9.79. The molecular formula is C22H22O5. The van der Waals surface area contributed by atoms with Crippen LogP contribution in [0.5, 0.6) is 17.2 Å². The molecule has 0 saturated carbocycles. The van der Waals surface area contributed by atoms with Crippen molar-refractivity contribution in [1.82, 2.24) is 0 Å². The van der Waals surface area contributed by atoms with Crippen LogP contribution in [-0.2, 0) is 0 Å². The van der Waals surface area contributed by atoms with Gasteiger partial charge in [0.15, 0.2) is 0 Å². The number of ether oxygens (including phenoxy) is 3. The van der Waals surface area contributed by atoms with Gasteiger partial charge in [-0.3, -0.25) is 0 Å². The van der Waals surface area contributed by atoms with Crippen molar-refractivity contribution in [2.75, 3.05) is 21.3 Å². The maximum absolute atomic E-state index is 11.3. The fourth-order valence-electron chi connectivity index (χ4n) is 4.13. The Hall–Kier alpha value is -2.76. The Morgan fingerprint density at radius 2 is 1.41 bits per heavy atom. The van der Waals surface area contributed by atoms with Crippen molar-refractivity contribution >= 4 is 10.8 Å². The molecule has 0 fully saturated rings. The standard InChI is InChI=1S/C22H22O5/c1-11-8-9-12-14(10-11)22(27-4)17-18(21(12)26-3)20(24)16-13(19(17)23)6-5-7-15(16)25-2/h5-10,19-20,23-24H,1-4H3. The van der Waals surface area contributed by atoms with E-state index >= 15 is 0 Å². The molecule has 0 saturated heterocycles. The Morgan fingerprint density at radius 1 is 0.741 bits per heavy atom. The van der Waals surface area contributed by atoms with Gasteiger partial charge in [0.1, 0.15) is 29.5 Å². The zero-order chi connectivity index (χ0) is 19.3. The highest BCUT2D eigenvalue weighted by Gasteiger charge is 2.38. The maximum atomic E-state index is 11.3. The molecule has 0 radical (unpaired) electrons. The van der Waals surface area contributed by atoms with E-state index in [9.17, 15) is 10.2 Å². The second-order valence-corrected chi connectivity index (χ2v) is 6.71. The van der Waals surface area contributed by atoms with Gasteiger partial charge in [-0.15, -0.1) is 0 Å². The van der Waals surface area contributed by atoms with Crippen molar-refractivity contribution < 1.29 is 24.4 Å². The Bertz CT molecular complexity index is 1040. The number of methoxy groups -OCH3 is 3. The molecule has 0 aliphatic heterocycles. The summed E-state index contributed by atoms with van der Waals surface area (Å²) in [5.41, 5.74) is 3.25. The number of rotatable bonds is 3. The number of hydrogen-bond acceptors (Lipinski definition) is 5. The van der Waals surface area contributed by atoms with E-state index in [0.717, 1.165) is 16.3 Å². The zero-order valence-corrected chi connectivity index (χ0v) is 15.7. The van der Waals surface area contributed by atoms with E-state index in [1.165, 1.54) is 0 Å². The zero-order valence-electron chi connectivity index (χ0n) is 15.7. The van der Waals surface area contributed by atoms with Crippen LogP contribution >= 0.6 is 0 Å². The van der Waals surface area contributed by atoms with Crippen LogP contribution in [0, 0.1) is 6.92 Å². The number of benzene rings is 3. The molecule has 0 bridgehead atoms. The molecule has 5 nitrogen and oxygen atoms in total. The molecule has 0 spiro atoms. The van der Waals surface area contributed by atoms with Gasteiger partial charge in [-0.05, 0) is 24.6 Å². The van der Waals surface area contributed by atoms with E-state index in [4.69, 9.17) is 14.2 Å². The molecule has 1 aliphatic carbocycles. The van der Waals surface area contributed by atoms with Crippen molar-refractivity contribution in [3.8, 4) is 17.2 Å². The highest BCUT2D eigenvalue weighted by Crippen LogP contribution is 2.54. The smallest absolute Gasteiger partial charge is 0.133 e. The van der Waals surface area contributed by atoms with Crippen LogP contribution in [0.2, 0.25) is 0 Å². The molecule has 0 amide bonds. The van der Waals surface area contributed by atoms with Gasteiger partial charge < -0.3 is 24.4 Å². The van der Waals surface area contributed by atoms with Crippen LogP contribution < -0.4 is 14.2 Å². The van der Waals surface area contributed by atoms with E-state index < -0.39 is 12.2 Å². The summed E-state index contributed by atoms with van der Waals surface area (Å²) >= 11 is 0. The third-order valence-corrected chi connectivity index (χ3v) is 5.29. The first-order valence-corrected chi connectivity index (χ1v) is 8.74. The lowest BCUT2D eigenvalue weighted by Gasteiger charge is -2.33. The maximum Gasteiger partial charge on any atom is 0.133 e. The topological polar surface area (TPSA) is 68.2 Å². The number of fused-ring (bicyclic) bond motifs is 3. The first-order valence-electron chi connectivity index (χ1n) is 8.74. The Balaban J connectivity index is 2.16. The fraction of sp³-hybridized carbons (Fsp3) is 0.273. The molecule has 5 heteroatoms. The van der Waals surface area contributed by atoms with Crippen LogP contribution in [-0.4, -0.2) is 31.5 Å². The van der Waals surface area contributed by atoms with Crippen molar-refractivity contribution in [1.29, 1.82) is 0 Å². The molecular weight excluding hydrogens is 344 g/mol. The SMILES string of the molecule is COc1cccc2c1C(O)c1c(c(OC)c3cc(C)ccc3c1OC)C2O. The summed E-state index contributed by atoms with van der Waals surface area (Å²) in [6.45, 7) is 2.00. The minimum Gasteiger partial charge on any atom is -0.496 e. The quantitative estimate of drug-likeness (QED) is 0.741. The van der Waals surface area contributed by atoms with Crippen molar-refractivity contribution in [2.45, 2.75) is 19.1 Å². The van der Waals surface area contributed by atoms with Gasteiger partial charge in [-0.25, -0.2) is 0 Å². The monoisotopic (exact) mass is 366 g/mol. The normalized spacial score (nSPS) is 18.0. The fourth-order valence-corrected chi connectivity index (χ4v) is 4.13. The Morgan fingerprint density at radius 3 is 2.07 bits per heavy atom. The van der Waals surface area contributed by atoms with Crippen LogP contribution in [0.15, 0.2) is 36.4 Å². The Kier molecular flexibility index (Phi) is 4.21. The minimum atomic E-state index is -1.01. The number of hydrogen-bond donors (Lipinski definition) is 2. The molecule has 27 heavy (non-hydrogen) atoms. The van der Waals surface area contributed by atoms with E-state index in [-0.39, 0.29) is 0 Å². The van der Waals surface area contributed by atoms with Crippen molar-refractivity contribution in [3.63, 3.8) is 0 Å². The van der Waals surface area contributed by atoms with Crippen molar-refractivity contribution in [3.05, 3.63) is 64.2 Å². The first-order chi connectivity index (χ1) is 13.0. The molecule has 0 aromatic heterocycles. The average Bonchev–Trinajstić information content (AvgIpc) is 2.69. The number of aliphatic hydroxyl groups excluding tert-OH is 2. The van der Waals surface area contributed by atoms with Gasteiger partial charge in [0.05, 0.1) is 21.3 Å². The molecule has 3 aromatic rings. The second kappa shape index (κ2) is 6.44. The van der Waals surface area contributed by atoms with Crippen molar-refractivity contribution in [2.24, 2.45) is 0 Å². The van der Waals surface area contributed by atoms with Gasteiger partial charge in [-0.2, -0.15) is 0 Å².